The number of ether oxygens (including phenoxy) is 1. The van der Waals surface area contributed by atoms with E-state index >= 15 is 0 Å². The predicted molar refractivity (Wildman–Crippen MR) is 109 cm³/mol. The minimum atomic E-state index is -0.933. The van der Waals surface area contributed by atoms with Crippen LogP contribution in [0.5, 0.6) is 0 Å². The number of hydrogen-bond acceptors (Lipinski definition) is 6. The number of amides is 1. The third kappa shape index (κ3) is 2.69. The number of rotatable bonds is 2. The maximum absolute atomic E-state index is 13.9. The van der Waals surface area contributed by atoms with Crippen LogP contribution in [0.15, 0.2) is 48.8 Å². The number of nitrogens with zero attached hydrogens (tertiary/aromatic N) is 5. The van der Waals surface area contributed by atoms with Crippen molar-refractivity contribution in [1.29, 1.82) is 0 Å². The van der Waals surface area contributed by atoms with Gasteiger partial charge in [-0.2, -0.15) is 9.61 Å². The molecular weight excluding hydrogens is 401 g/mol. The molecule has 9 heteroatoms. The van der Waals surface area contributed by atoms with Crippen LogP contribution in [0.1, 0.15) is 30.9 Å². The van der Waals surface area contributed by atoms with Crippen molar-refractivity contribution in [3.63, 3.8) is 0 Å². The highest BCUT2D eigenvalue weighted by molar-refractivity contribution is 5.88. The Morgan fingerprint density at radius 2 is 1.94 bits per heavy atom. The van der Waals surface area contributed by atoms with Gasteiger partial charge in [0.25, 0.3) is 5.91 Å². The Balaban J connectivity index is 1.25. The molecule has 5 heterocycles. The van der Waals surface area contributed by atoms with Crippen molar-refractivity contribution >= 4 is 17.4 Å². The molecule has 2 aromatic heterocycles. The van der Waals surface area contributed by atoms with Crippen molar-refractivity contribution in [3.8, 4) is 0 Å². The molecule has 31 heavy (non-hydrogen) atoms. The highest BCUT2D eigenvalue weighted by atomic mass is 19.1. The van der Waals surface area contributed by atoms with E-state index in [-0.39, 0.29) is 17.6 Å². The molecule has 3 aliphatic heterocycles. The number of piperidine rings is 1. The fraction of sp³-hybridized carbons (Fsp3) is 0.409. The first-order chi connectivity index (χ1) is 15.1. The number of carbonyl (C=O) groups excluding carboxylic acids is 1. The van der Waals surface area contributed by atoms with Crippen molar-refractivity contribution in [3.05, 3.63) is 60.2 Å². The van der Waals surface area contributed by atoms with E-state index in [0.29, 0.717) is 32.4 Å². The number of hydrogen-bond donors (Lipinski definition) is 1. The van der Waals surface area contributed by atoms with Crippen molar-refractivity contribution in [2.75, 3.05) is 18.0 Å². The van der Waals surface area contributed by atoms with Gasteiger partial charge in [-0.25, -0.2) is 9.37 Å². The number of aliphatic hydroxyl groups is 1. The molecule has 6 rings (SSSR count). The van der Waals surface area contributed by atoms with Gasteiger partial charge in [0.05, 0.1) is 12.2 Å². The summed E-state index contributed by atoms with van der Waals surface area (Å²) in [5, 5.41) is 14.7. The molecule has 0 radical (unpaired) electrons. The molecule has 0 aliphatic carbocycles. The minimum absolute atomic E-state index is 0.0486. The zero-order valence-corrected chi connectivity index (χ0v) is 16.8. The van der Waals surface area contributed by atoms with E-state index in [2.05, 4.69) is 15.0 Å². The molecular formula is C22H22FN5O3. The number of aromatic nitrogens is 3. The lowest BCUT2D eigenvalue weighted by atomic mass is 9.89. The molecule has 3 fully saturated rings. The van der Waals surface area contributed by atoms with Crippen LogP contribution in [0.2, 0.25) is 0 Å². The summed E-state index contributed by atoms with van der Waals surface area (Å²) in [7, 11) is 0. The maximum Gasteiger partial charge on any atom is 0.257 e. The quantitative estimate of drug-likeness (QED) is 0.678. The van der Waals surface area contributed by atoms with Crippen LogP contribution in [0.4, 0.5) is 10.2 Å². The summed E-state index contributed by atoms with van der Waals surface area (Å²) < 4.78 is 21.6. The number of aliphatic hydroxyl groups excluding tert-OH is 1. The molecule has 1 spiro atoms. The molecule has 1 N–H and O–H groups in total. The average molecular weight is 423 g/mol. The molecule has 0 saturated carbocycles. The van der Waals surface area contributed by atoms with E-state index in [1.165, 1.54) is 4.52 Å². The average Bonchev–Trinajstić information content (AvgIpc) is 3.43. The zero-order valence-electron chi connectivity index (χ0n) is 16.8. The Kier molecular flexibility index (Phi) is 4.06. The first-order valence-electron chi connectivity index (χ1n) is 10.5. The van der Waals surface area contributed by atoms with Gasteiger partial charge in [0, 0.05) is 38.5 Å². The lowest BCUT2D eigenvalue weighted by molar-refractivity contribution is -0.142. The minimum Gasteiger partial charge on any atom is -0.388 e. The number of anilines is 1. The second kappa shape index (κ2) is 6.73. The molecule has 3 atom stereocenters. The second-order valence-corrected chi connectivity index (χ2v) is 8.46. The van der Waals surface area contributed by atoms with Gasteiger partial charge in [-0.15, -0.1) is 0 Å². The monoisotopic (exact) mass is 423 g/mol. The molecule has 1 amide bonds. The van der Waals surface area contributed by atoms with Crippen LogP contribution in [-0.4, -0.2) is 61.5 Å². The smallest absolute Gasteiger partial charge is 0.257 e. The van der Waals surface area contributed by atoms with Crippen LogP contribution in [0, 0.1) is 5.82 Å². The standard InChI is InChI=1S/C22H22FN5O3/c23-15-13-25-28-18(6-9-24-19(15)28)26-10-7-22(8-11-26)21(30)27-16(12-17(29)20(27)31-22)14-4-2-1-3-5-14/h1-6,9,13,16-17,20,29H,7-8,10-12H2. The van der Waals surface area contributed by atoms with E-state index in [1.807, 2.05) is 30.3 Å². The van der Waals surface area contributed by atoms with E-state index in [4.69, 9.17) is 4.74 Å². The summed E-state index contributed by atoms with van der Waals surface area (Å²) in [6, 6.07) is 11.4. The third-order valence-electron chi connectivity index (χ3n) is 6.79. The number of benzene rings is 1. The van der Waals surface area contributed by atoms with E-state index < -0.39 is 23.8 Å². The number of fused-ring (bicyclic) bond motifs is 2. The van der Waals surface area contributed by atoms with Gasteiger partial charge >= 0.3 is 0 Å². The topological polar surface area (TPSA) is 83.2 Å². The van der Waals surface area contributed by atoms with Gasteiger partial charge in [-0.05, 0) is 11.6 Å². The molecule has 1 aromatic carbocycles. The molecule has 3 aromatic rings. The highest BCUT2D eigenvalue weighted by Crippen LogP contribution is 2.48. The zero-order chi connectivity index (χ0) is 21.2. The van der Waals surface area contributed by atoms with Crippen molar-refractivity contribution in [2.45, 2.75) is 43.2 Å². The fourth-order valence-corrected chi connectivity index (χ4v) is 5.22. The van der Waals surface area contributed by atoms with Gasteiger partial charge in [-0.3, -0.25) is 4.79 Å². The van der Waals surface area contributed by atoms with Crippen molar-refractivity contribution < 1.29 is 19.0 Å². The normalized spacial score (nSPS) is 27.4. The molecule has 8 nitrogen and oxygen atoms in total. The van der Waals surface area contributed by atoms with Crippen LogP contribution < -0.4 is 4.90 Å². The Morgan fingerprint density at radius 3 is 2.71 bits per heavy atom. The summed E-state index contributed by atoms with van der Waals surface area (Å²) >= 11 is 0. The Labute approximate surface area is 177 Å². The number of halogens is 1. The van der Waals surface area contributed by atoms with Crippen LogP contribution in [0.3, 0.4) is 0 Å². The highest BCUT2D eigenvalue weighted by Gasteiger charge is 2.60. The van der Waals surface area contributed by atoms with Crippen molar-refractivity contribution in [1.82, 2.24) is 19.5 Å². The first kappa shape index (κ1) is 18.7. The lowest BCUT2D eigenvalue weighted by Crippen LogP contribution is -2.51. The van der Waals surface area contributed by atoms with E-state index in [1.54, 1.807) is 17.2 Å². The predicted octanol–water partition coefficient (Wildman–Crippen LogP) is 1.90. The molecule has 3 saturated heterocycles. The maximum atomic E-state index is 13.9. The summed E-state index contributed by atoms with van der Waals surface area (Å²) in [4.78, 5) is 21.4. The summed E-state index contributed by atoms with van der Waals surface area (Å²) in [6.45, 7) is 1.11. The SMILES string of the molecule is O=C1N2C(c3ccccc3)CC(O)C2OC12CCN(c1ccnc3c(F)cnn13)CC2. The Morgan fingerprint density at radius 1 is 1.16 bits per heavy atom. The van der Waals surface area contributed by atoms with Crippen LogP contribution in [-0.2, 0) is 9.53 Å². The third-order valence-corrected chi connectivity index (χ3v) is 6.79. The van der Waals surface area contributed by atoms with Crippen LogP contribution in [0.25, 0.3) is 5.65 Å². The van der Waals surface area contributed by atoms with Gasteiger partial charge < -0.3 is 19.6 Å². The Bertz CT molecular complexity index is 1140. The summed E-state index contributed by atoms with van der Waals surface area (Å²) in [6.07, 6.45) is 2.84. The first-order valence-corrected chi connectivity index (χ1v) is 10.5. The van der Waals surface area contributed by atoms with Gasteiger partial charge in [-0.1, -0.05) is 30.3 Å². The van der Waals surface area contributed by atoms with Gasteiger partial charge in [0.1, 0.15) is 11.9 Å². The summed E-state index contributed by atoms with van der Waals surface area (Å²) in [5.74, 6) is 0.218. The lowest BCUT2D eigenvalue weighted by Gasteiger charge is -2.38. The van der Waals surface area contributed by atoms with Crippen LogP contribution >= 0.6 is 0 Å². The molecule has 3 unspecified atom stereocenters. The van der Waals surface area contributed by atoms with Gasteiger partial charge in [0.2, 0.25) is 0 Å². The summed E-state index contributed by atoms with van der Waals surface area (Å²) in [5.41, 5.74) is 0.257. The van der Waals surface area contributed by atoms with E-state index in [0.717, 1.165) is 17.6 Å². The number of carbonyl (C=O) groups is 1. The molecule has 0 bridgehead atoms. The second-order valence-electron chi connectivity index (χ2n) is 8.46. The molecule has 160 valence electrons. The van der Waals surface area contributed by atoms with E-state index in [9.17, 15) is 14.3 Å². The fourth-order valence-electron chi connectivity index (χ4n) is 5.22. The Hall–Kier alpha value is -3.04. The van der Waals surface area contributed by atoms with Crippen molar-refractivity contribution in [2.24, 2.45) is 0 Å². The largest absolute Gasteiger partial charge is 0.388 e. The molecule has 3 aliphatic rings. The van der Waals surface area contributed by atoms with Gasteiger partial charge in [0.15, 0.2) is 23.3 Å².